The van der Waals surface area contributed by atoms with Crippen molar-refractivity contribution in [3.05, 3.63) is 176 Å². The number of hydrogen-bond donors (Lipinski definition) is 0. The van der Waals surface area contributed by atoms with Crippen LogP contribution in [0.2, 0.25) is 0 Å². The molecule has 0 aliphatic rings. The molecule has 0 N–H and O–H groups in total. The van der Waals surface area contributed by atoms with E-state index in [2.05, 4.69) is 181 Å². The lowest BCUT2D eigenvalue weighted by molar-refractivity contribution is 1.29. The minimum atomic E-state index is 1.12. The van der Waals surface area contributed by atoms with Crippen molar-refractivity contribution < 1.29 is 0 Å². The highest BCUT2D eigenvalue weighted by Crippen LogP contribution is 2.45. The van der Waals surface area contributed by atoms with Gasteiger partial charge in [0.15, 0.2) is 0 Å². The number of benzene rings is 8. The van der Waals surface area contributed by atoms with E-state index in [1.807, 2.05) is 11.3 Å². The third-order valence-electron chi connectivity index (χ3n) is 9.04. The molecule has 0 fully saturated rings. The first-order chi connectivity index (χ1) is 22.8. The molecule has 9 aromatic rings. The fourth-order valence-electron chi connectivity index (χ4n) is 6.86. The summed E-state index contributed by atoms with van der Waals surface area (Å²) in [4.78, 5) is 2.39. The van der Waals surface area contributed by atoms with Crippen molar-refractivity contribution in [1.82, 2.24) is 0 Å². The smallest absolute Gasteiger partial charge is 0.0540 e. The van der Waals surface area contributed by atoms with Crippen LogP contribution in [0.25, 0.3) is 64.0 Å². The normalized spacial score (nSPS) is 11.5. The Labute approximate surface area is 272 Å². The van der Waals surface area contributed by atoms with E-state index in [4.69, 9.17) is 0 Å². The number of rotatable bonds is 5. The Kier molecular flexibility index (Phi) is 6.40. The highest BCUT2D eigenvalue weighted by atomic mass is 32.1. The average molecular weight is 604 g/mol. The molecule has 1 aromatic heterocycles. The topological polar surface area (TPSA) is 3.24 Å². The van der Waals surface area contributed by atoms with Gasteiger partial charge in [-0.2, -0.15) is 0 Å². The van der Waals surface area contributed by atoms with Crippen LogP contribution in [-0.4, -0.2) is 0 Å². The molecular formula is C44H29NS. The summed E-state index contributed by atoms with van der Waals surface area (Å²) in [7, 11) is 0. The van der Waals surface area contributed by atoms with Crippen molar-refractivity contribution in [3.8, 4) is 22.3 Å². The first kappa shape index (κ1) is 26.7. The molecule has 0 unspecified atom stereocenters. The summed E-state index contributed by atoms with van der Waals surface area (Å²) < 4.78 is 2.67. The van der Waals surface area contributed by atoms with Crippen molar-refractivity contribution in [2.75, 3.05) is 4.90 Å². The fraction of sp³-hybridized carbons (Fsp3) is 0. The number of thiophene rings is 1. The van der Waals surface area contributed by atoms with Gasteiger partial charge >= 0.3 is 0 Å². The minimum Gasteiger partial charge on any atom is -0.310 e. The highest BCUT2D eigenvalue weighted by molar-refractivity contribution is 7.26. The lowest BCUT2D eigenvalue weighted by Gasteiger charge is -2.28. The van der Waals surface area contributed by atoms with Crippen LogP contribution in [0.15, 0.2) is 176 Å². The summed E-state index contributed by atoms with van der Waals surface area (Å²) >= 11 is 1.89. The Morgan fingerprint density at radius 1 is 0.391 bits per heavy atom. The first-order valence-electron chi connectivity index (χ1n) is 15.7. The maximum atomic E-state index is 2.39. The van der Waals surface area contributed by atoms with Gasteiger partial charge in [0.25, 0.3) is 0 Å². The van der Waals surface area contributed by atoms with Gasteiger partial charge in [0, 0.05) is 37.1 Å². The van der Waals surface area contributed by atoms with Gasteiger partial charge in [-0.05, 0) is 74.6 Å². The molecule has 0 atom stereocenters. The van der Waals surface area contributed by atoms with Crippen LogP contribution < -0.4 is 4.90 Å². The quantitative estimate of drug-likeness (QED) is 0.189. The number of fused-ring (bicyclic) bond motifs is 6. The largest absolute Gasteiger partial charge is 0.310 e. The lowest BCUT2D eigenvalue weighted by atomic mass is 9.99. The molecule has 8 aromatic carbocycles. The average Bonchev–Trinajstić information content (AvgIpc) is 3.52. The van der Waals surface area contributed by atoms with Crippen molar-refractivity contribution in [2.45, 2.75) is 0 Å². The second-order valence-electron chi connectivity index (χ2n) is 11.7. The van der Waals surface area contributed by atoms with Crippen molar-refractivity contribution in [3.63, 3.8) is 0 Å². The van der Waals surface area contributed by atoms with Crippen LogP contribution in [0.5, 0.6) is 0 Å². The molecular weight excluding hydrogens is 575 g/mol. The minimum absolute atomic E-state index is 1.12. The number of nitrogens with zero attached hydrogens (tertiary/aromatic N) is 1. The van der Waals surface area contributed by atoms with Crippen LogP contribution in [0.4, 0.5) is 17.1 Å². The molecule has 0 aliphatic heterocycles. The molecule has 1 heterocycles. The van der Waals surface area contributed by atoms with E-state index < -0.39 is 0 Å². The zero-order valence-corrected chi connectivity index (χ0v) is 25.9. The number of anilines is 3. The van der Waals surface area contributed by atoms with E-state index in [0.717, 1.165) is 17.1 Å². The van der Waals surface area contributed by atoms with Crippen molar-refractivity contribution in [2.24, 2.45) is 0 Å². The lowest BCUT2D eigenvalue weighted by Crippen LogP contribution is -2.11. The fourth-order valence-corrected chi connectivity index (χ4v) is 8.11. The summed E-state index contributed by atoms with van der Waals surface area (Å²) in [6, 6.07) is 63.8. The van der Waals surface area contributed by atoms with E-state index in [1.165, 1.54) is 64.0 Å². The van der Waals surface area contributed by atoms with E-state index in [-0.39, 0.29) is 0 Å². The zero-order chi connectivity index (χ0) is 30.5. The standard InChI is InChI=1S/C44H29NS/c1-2-12-31(13-3-1)37-16-8-9-20-41(37)45(36-27-21-30-11-4-5-15-34(30)29-36)35-25-22-33(23-26-35)39-18-10-19-40-43-38-17-7-6-14-32(38)24-28-42(43)46-44(39)40/h1-29H. The first-order valence-corrected chi connectivity index (χ1v) is 16.5. The van der Waals surface area contributed by atoms with Gasteiger partial charge in [0.05, 0.1) is 5.69 Å². The molecule has 0 aliphatic carbocycles. The van der Waals surface area contributed by atoms with E-state index >= 15 is 0 Å². The predicted molar refractivity (Wildman–Crippen MR) is 200 cm³/mol. The summed E-state index contributed by atoms with van der Waals surface area (Å²) in [6.45, 7) is 0. The van der Waals surface area contributed by atoms with Crippen LogP contribution >= 0.6 is 11.3 Å². The molecule has 216 valence electrons. The predicted octanol–water partition coefficient (Wildman–Crippen LogP) is 13.2. The summed E-state index contributed by atoms with van der Waals surface area (Å²) in [5, 5.41) is 7.75. The molecule has 0 radical (unpaired) electrons. The Bertz CT molecular complexity index is 2530. The van der Waals surface area contributed by atoms with E-state index in [9.17, 15) is 0 Å². The molecule has 2 heteroatoms. The molecule has 0 bridgehead atoms. The third kappa shape index (κ3) is 4.46. The van der Waals surface area contributed by atoms with Crippen LogP contribution in [0.3, 0.4) is 0 Å². The van der Waals surface area contributed by atoms with Crippen LogP contribution in [-0.2, 0) is 0 Å². The molecule has 0 spiro atoms. The molecule has 1 nitrogen and oxygen atoms in total. The Morgan fingerprint density at radius 3 is 1.89 bits per heavy atom. The molecule has 0 saturated carbocycles. The number of hydrogen-bond acceptors (Lipinski definition) is 2. The van der Waals surface area contributed by atoms with Gasteiger partial charge in [-0.25, -0.2) is 0 Å². The maximum absolute atomic E-state index is 2.39. The summed E-state index contributed by atoms with van der Waals surface area (Å²) in [5.41, 5.74) is 8.30. The monoisotopic (exact) mass is 603 g/mol. The van der Waals surface area contributed by atoms with Gasteiger partial charge in [-0.3, -0.25) is 0 Å². The van der Waals surface area contributed by atoms with Crippen LogP contribution in [0.1, 0.15) is 0 Å². The summed E-state index contributed by atoms with van der Waals surface area (Å²) in [6.07, 6.45) is 0. The molecule has 0 amide bonds. The van der Waals surface area contributed by atoms with Crippen molar-refractivity contribution >= 4 is 70.1 Å². The van der Waals surface area contributed by atoms with Gasteiger partial charge in [0.1, 0.15) is 0 Å². The van der Waals surface area contributed by atoms with Gasteiger partial charge in [-0.15, -0.1) is 11.3 Å². The zero-order valence-electron chi connectivity index (χ0n) is 25.1. The highest BCUT2D eigenvalue weighted by Gasteiger charge is 2.18. The molecule has 46 heavy (non-hydrogen) atoms. The van der Waals surface area contributed by atoms with E-state index in [0.29, 0.717) is 0 Å². The number of para-hydroxylation sites is 1. The van der Waals surface area contributed by atoms with Crippen molar-refractivity contribution in [1.29, 1.82) is 0 Å². The Balaban J connectivity index is 1.20. The molecule has 0 saturated heterocycles. The maximum Gasteiger partial charge on any atom is 0.0540 e. The molecule has 9 rings (SSSR count). The SMILES string of the molecule is c1ccc(-c2ccccc2N(c2ccc(-c3cccc4c3sc3ccc5ccccc5c34)cc2)c2ccc3ccccc3c2)cc1. The van der Waals surface area contributed by atoms with Gasteiger partial charge in [-0.1, -0.05) is 140 Å². The van der Waals surface area contributed by atoms with Gasteiger partial charge in [0.2, 0.25) is 0 Å². The Hall–Kier alpha value is -5.70. The third-order valence-corrected chi connectivity index (χ3v) is 10.2. The second kappa shape index (κ2) is 11.0. The second-order valence-corrected chi connectivity index (χ2v) is 12.8. The summed E-state index contributed by atoms with van der Waals surface area (Å²) in [5.74, 6) is 0. The van der Waals surface area contributed by atoms with E-state index in [1.54, 1.807) is 0 Å². The van der Waals surface area contributed by atoms with Crippen LogP contribution in [0, 0.1) is 0 Å². The Morgan fingerprint density at radius 2 is 1.02 bits per heavy atom. The van der Waals surface area contributed by atoms with Gasteiger partial charge < -0.3 is 4.90 Å².